The molecule has 8 heteroatoms. The van der Waals surface area contributed by atoms with Crippen molar-refractivity contribution in [1.29, 1.82) is 0 Å². The molecule has 28 heavy (non-hydrogen) atoms. The maximum Gasteiger partial charge on any atom is 0.261 e. The topological polar surface area (TPSA) is 70.6 Å². The predicted molar refractivity (Wildman–Crippen MR) is 114 cm³/mol. The summed E-state index contributed by atoms with van der Waals surface area (Å²) >= 11 is 1.43. The number of carbonyl (C=O) groups excluding carboxylic acids is 1. The van der Waals surface area contributed by atoms with Gasteiger partial charge in [-0.1, -0.05) is 42.5 Å². The van der Waals surface area contributed by atoms with E-state index in [2.05, 4.69) is 4.98 Å². The van der Waals surface area contributed by atoms with Gasteiger partial charge in [-0.05, 0) is 38.4 Å². The number of carbonyl (C=O) groups is 1. The highest BCUT2D eigenvalue weighted by Gasteiger charge is 2.27. The van der Waals surface area contributed by atoms with Crippen molar-refractivity contribution in [2.45, 2.75) is 11.8 Å². The van der Waals surface area contributed by atoms with Crippen molar-refractivity contribution in [1.82, 2.24) is 9.88 Å². The molecular weight excluding hydrogens is 394 g/mol. The molecule has 0 aliphatic rings. The van der Waals surface area contributed by atoms with Crippen LogP contribution in [0.15, 0.2) is 53.4 Å². The molecule has 148 valence electrons. The van der Waals surface area contributed by atoms with Gasteiger partial charge in [0.2, 0.25) is 0 Å². The number of anilines is 1. The minimum Gasteiger partial charge on any atom is -0.308 e. The number of amides is 1. The number of aromatic nitrogens is 1. The number of nitrogens with zero attached hydrogens (tertiary/aromatic N) is 3. The van der Waals surface area contributed by atoms with E-state index in [4.69, 9.17) is 0 Å². The van der Waals surface area contributed by atoms with E-state index in [9.17, 15) is 13.2 Å². The SMILES string of the molecule is CCS(=O)(=O)c1ccccc1C(=O)N(CCN(C)C)c1nc2ccccc2s1. The molecule has 1 heterocycles. The second kappa shape index (κ2) is 8.38. The maximum atomic E-state index is 13.4. The lowest BCUT2D eigenvalue weighted by Gasteiger charge is -2.23. The lowest BCUT2D eigenvalue weighted by Crippen LogP contribution is -2.37. The van der Waals surface area contributed by atoms with Gasteiger partial charge >= 0.3 is 0 Å². The summed E-state index contributed by atoms with van der Waals surface area (Å²) < 4.78 is 26.0. The summed E-state index contributed by atoms with van der Waals surface area (Å²) in [5, 5.41) is 0.566. The number of likely N-dealkylation sites (N-methyl/N-ethyl adjacent to an activating group) is 1. The van der Waals surface area contributed by atoms with Gasteiger partial charge in [0.05, 0.1) is 26.4 Å². The molecule has 3 rings (SSSR count). The van der Waals surface area contributed by atoms with E-state index in [-0.39, 0.29) is 22.1 Å². The summed E-state index contributed by atoms with van der Waals surface area (Å²) in [5.74, 6) is -0.413. The van der Waals surface area contributed by atoms with Gasteiger partial charge in [0.15, 0.2) is 15.0 Å². The van der Waals surface area contributed by atoms with Crippen LogP contribution in [0.4, 0.5) is 5.13 Å². The molecule has 0 bridgehead atoms. The van der Waals surface area contributed by atoms with E-state index in [1.165, 1.54) is 17.4 Å². The van der Waals surface area contributed by atoms with Crippen molar-refractivity contribution in [3.63, 3.8) is 0 Å². The molecule has 0 aliphatic carbocycles. The summed E-state index contributed by atoms with van der Waals surface area (Å²) in [6.07, 6.45) is 0. The molecule has 3 aromatic rings. The second-order valence-electron chi connectivity index (χ2n) is 6.62. The third-order valence-corrected chi connectivity index (χ3v) is 7.21. The number of hydrogen-bond acceptors (Lipinski definition) is 6. The molecule has 0 aliphatic heterocycles. The molecule has 0 saturated heterocycles. The Kier molecular flexibility index (Phi) is 6.12. The molecule has 2 aromatic carbocycles. The zero-order valence-electron chi connectivity index (χ0n) is 16.1. The predicted octanol–water partition coefficient (Wildman–Crippen LogP) is 3.30. The number of sulfone groups is 1. The van der Waals surface area contributed by atoms with Crippen LogP contribution < -0.4 is 4.90 Å². The van der Waals surface area contributed by atoms with E-state index < -0.39 is 9.84 Å². The second-order valence-corrected chi connectivity index (χ2v) is 9.88. The monoisotopic (exact) mass is 417 g/mol. The van der Waals surface area contributed by atoms with Gasteiger partial charge in [-0.25, -0.2) is 13.4 Å². The Labute approximate surface area is 169 Å². The highest BCUT2D eigenvalue weighted by Crippen LogP contribution is 2.30. The Hall–Kier alpha value is -2.29. The number of hydrogen-bond donors (Lipinski definition) is 0. The van der Waals surface area contributed by atoms with E-state index >= 15 is 0 Å². The molecule has 6 nitrogen and oxygen atoms in total. The highest BCUT2D eigenvalue weighted by atomic mass is 32.2. The zero-order chi connectivity index (χ0) is 20.3. The van der Waals surface area contributed by atoms with E-state index in [0.29, 0.717) is 18.2 Å². The first-order valence-electron chi connectivity index (χ1n) is 8.97. The first kappa shape index (κ1) is 20.4. The average Bonchev–Trinajstić information content (AvgIpc) is 3.11. The van der Waals surface area contributed by atoms with Crippen molar-refractivity contribution in [2.24, 2.45) is 0 Å². The van der Waals surface area contributed by atoms with Crippen LogP contribution in [0.1, 0.15) is 17.3 Å². The fourth-order valence-corrected chi connectivity index (χ4v) is 4.85. The van der Waals surface area contributed by atoms with Crippen molar-refractivity contribution in [3.05, 3.63) is 54.1 Å². The Morgan fingerprint density at radius 2 is 1.71 bits per heavy atom. The Morgan fingerprint density at radius 1 is 1.04 bits per heavy atom. The van der Waals surface area contributed by atoms with Crippen molar-refractivity contribution in [2.75, 3.05) is 37.8 Å². The van der Waals surface area contributed by atoms with Crippen LogP contribution in [-0.2, 0) is 9.84 Å². The van der Waals surface area contributed by atoms with Crippen LogP contribution >= 0.6 is 11.3 Å². The molecule has 1 aromatic heterocycles. The first-order chi connectivity index (χ1) is 13.3. The largest absolute Gasteiger partial charge is 0.308 e. The molecule has 0 N–H and O–H groups in total. The summed E-state index contributed by atoms with van der Waals surface area (Å²) in [7, 11) is 0.334. The molecule has 1 amide bonds. The van der Waals surface area contributed by atoms with Crippen LogP contribution in [-0.4, -0.2) is 57.1 Å². The molecule has 0 fully saturated rings. The lowest BCUT2D eigenvalue weighted by molar-refractivity contribution is 0.0982. The van der Waals surface area contributed by atoms with E-state index in [1.807, 2.05) is 43.3 Å². The molecule has 0 saturated carbocycles. The van der Waals surface area contributed by atoms with Crippen LogP contribution in [0.25, 0.3) is 10.2 Å². The Bertz CT molecular complexity index is 1060. The zero-order valence-corrected chi connectivity index (χ0v) is 17.8. The van der Waals surface area contributed by atoms with Gasteiger partial charge in [-0.2, -0.15) is 0 Å². The van der Waals surface area contributed by atoms with Crippen molar-refractivity contribution >= 4 is 42.4 Å². The smallest absolute Gasteiger partial charge is 0.261 e. The fourth-order valence-electron chi connectivity index (χ4n) is 2.77. The normalized spacial score (nSPS) is 11.9. The van der Waals surface area contributed by atoms with E-state index in [1.54, 1.807) is 30.0 Å². The standard InChI is InChI=1S/C20H23N3O3S2/c1-4-28(25,26)18-12-8-5-9-15(18)19(24)23(14-13-22(2)3)20-21-16-10-6-7-11-17(16)27-20/h5-12H,4,13-14H2,1-3H3. The van der Waals surface area contributed by atoms with Crippen molar-refractivity contribution < 1.29 is 13.2 Å². The number of para-hydroxylation sites is 1. The maximum absolute atomic E-state index is 13.4. The summed E-state index contributed by atoms with van der Waals surface area (Å²) in [5.41, 5.74) is 1.00. The quantitative estimate of drug-likeness (QED) is 0.590. The van der Waals surface area contributed by atoms with Gasteiger partial charge in [0, 0.05) is 13.1 Å². The highest BCUT2D eigenvalue weighted by molar-refractivity contribution is 7.91. The number of rotatable bonds is 7. The van der Waals surface area contributed by atoms with Crippen LogP contribution in [0, 0.1) is 0 Å². The number of fused-ring (bicyclic) bond motifs is 1. The molecule has 0 unspecified atom stereocenters. The number of benzene rings is 2. The first-order valence-corrected chi connectivity index (χ1v) is 11.4. The summed E-state index contributed by atoms with van der Waals surface area (Å²) in [6, 6.07) is 14.1. The van der Waals surface area contributed by atoms with Gasteiger partial charge in [0.25, 0.3) is 5.91 Å². The van der Waals surface area contributed by atoms with Crippen LogP contribution in [0.5, 0.6) is 0 Å². The van der Waals surface area contributed by atoms with Gasteiger partial charge < -0.3 is 4.90 Å². The van der Waals surface area contributed by atoms with E-state index in [0.717, 1.165) is 10.2 Å². The van der Waals surface area contributed by atoms with Gasteiger partial charge in [0.1, 0.15) is 0 Å². The minimum atomic E-state index is -3.52. The summed E-state index contributed by atoms with van der Waals surface area (Å²) in [4.78, 5) is 21.7. The molecular formula is C20H23N3O3S2. The summed E-state index contributed by atoms with van der Waals surface area (Å²) in [6.45, 7) is 2.62. The minimum absolute atomic E-state index is 0.0594. The molecule has 0 atom stereocenters. The lowest BCUT2D eigenvalue weighted by atomic mass is 10.2. The molecule has 0 spiro atoms. The third kappa shape index (κ3) is 4.24. The van der Waals surface area contributed by atoms with Crippen LogP contribution in [0.3, 0.4) is 0 Å². The fraction of sp³-hybridized carbons (Fsp3) is 0.300. The van der Waals surface area contributed by atoms with Gasteiger partial charge in [-0.3, -0.25) is 9.69 Å². The van der Waals surface area contributed by atoms with Gasteiger partial charge in [-0.15, -0.1) is 0 Å². The Balaban J connectivity index is 2.07. The average molecular weight is 418 g/mol. The van der Waals surface area contributed by atoms with Crippen LogP contribution in [0.2, 0.25) is 0 Å². The number of thiazole rings is 1. The third-order valence-electron chi connectivity index (χ3n) is 4.36. The molecule has 0 radical (unpaired) electrons. The van der Waals surface area contributed by atoms with Crippen molar-refractivity contribution in [3.8, 4) is 0 Å². The Morgan fingerprint density at radius 3 is 2.39 bits per heavy atom.